The van der Waals surface area contributed by atoms with E-state index >= 15 is 0 Å². The lowest BCUT2D eigenvalue weighted by molar-refractivity contribution is -0.143. The van der Waals surface area contributed by atoms with Crippen LogP contribution in [0.4, 0.5) is 0 Å². The summed E-state index contributed by atoms with van der Waals surface area (Å²) >= 11 is 0. The Hall–Kier alpha value is -1.32. The van der Waals surface area contributed by atoms with Gasteiger partial charge in [0.05, 0.1) is 12.2 Å². The molecule has 1 aromatic heterocycles. The second-order valence-corrected chi connectivity index (χ2v) is 6.88. The molecule has 20 heavy (non-hydrogen) atoms. The summed E-state index contributed by atoms with van der Waals surface area (Å²) in [6, 6.07) is 1.43. The van der Waals surface area contributed by atoms with Gasteiger partial charge in [0.15, 0.2) is 0 Å². The van der Waals surface area contributed by atoms with Crippen LogP contribution in [0, 0.1) is 12.8 Å². The molecule has 2 unspecified atom stereocenters. The Labute approximate surface area is 120 Å². The Morgan fingerprint density at radius 1 is 1.15 bits per heavy atom. The molecule has 1 aliphatic carbocycles. The molecule has 4 rings (SSSR count). The SMILES string of the molecule is Cc1cnn(C2CC3CCC(C2)N3C(=O)C2CCC2)c1. The first-order valence-corrected chi connectivity index (χ1v) is 8.05. The number of nitrogens with zero attached hydrogens (tertiary/aromatic N) is 3. The first kappa shape index (κ1) is 12.4. The molecule has 108 valence electrons. The van der Waals surface area contributed by atoms with Crippen LogP contribution in [0.25, 0.3) is 0 Å². The molecule has 3 heterocycles. The molecule has 1 amide bonds. The number of piperidine rings is 1. The molecular formula is C16H23N3O. The summed E-state index contributed by atoms with van der Waals surface area (Å²) in [6.45, 7) is 2.09. The third-order valence-corrected chi connectivity index (χ3v) is 5.52. The van der Waals surface area contributed by atoms with E-state index in [9.17, 15) is 4.79 Å². The van der Waals surface area contributed by atoms with Crippen molar-refractivity contribution in [3.8, 4) is 0 Å². The van der Waals surface area contributed by atoms with Gasteiger partial charge in [0.2, 0.25) is 5.91 Å². The fourth-order valence-corrected chi connectivity index (χ4v) is 4.22. The van der Waals surface area contributed by atoms with Crippen LogP contribution in [0.5, 0.6) is 0 Å². The molecule has 1 aromatic rings. The van der Waals surface area contributed by atoms with Gasteiger partial charge in [-0.25, -0.2) is 0 Å². The first-order chi connectivity index (χ1) is 9.72. The zero-order valence-corrected chi connectivity index (χ0v) is 12.2. The highest BCUT2D eigenvalue weighted by molar-refractivity contribution is 5.80. The minimum absolute atomic E-state index is 0.349. The van der Waals surface area contributed by atoms with Gasteiger partial charge < -0.3 is 4.90 Å². The lowest BCUT2D eigenvalue weighted by Crippen LogP contribution is -2.50. The van der Waals surface area contributed by atoms with E-state index in [1.807, 2.05) is 6.20 Å². The number of rotatable bonds is 2. The van der Waals surface area contributed by atoms with Crippen LogP contribution in [-0.4, -0.2) is 32.7 Å². The van der Waals surface area contributed by atoms with Gasteiger partial charge in [0, 0.05) is 24.2 Å². The van der Waals surface area contributed by atoms with E-state index in [4.69, 9.17) is 0 Å². The lowest BCUT2D eigenvalue weighted by Gasteiger charge is -2.42. The lowest BCUT2D eigenvalue weighted by atomic mass is 9.83. The molecule has 2 bridgehead atoms. The fourth-order valence-electron chi connectivity index (χ4n) is 4.22. The van der Waals surface area contributed by atoms with E-state index in [2.05, 4.69) is 27.8 Å². The van der Waals surface area contributed by atoms with Crippen molar-refractivity contribution in [3.63, 3.8) is 0 Å². The second kappa shape index (κ2) is 4.61. The van der Waals surface area contributed by atoms with Crippen molar-refractivity contribution in [1.82, 2.24) is 14.7 Å². The Bertz CT molecular complexity index is 506. The van der Waals surface area contributed by atoms with Crippen molar-refractivity contribution in [2.75, 3.05) is 0 Å². The smallest absolute Gasteiger partial charge is 0.226 e. The van der Waals surface area contributed by atoms with Gasteiger partial charge in [-0.2, -0.15) is 5.10 Å². The van der Waals surface area contributed by atoms with Gasteiger partial charge in [-0.1, -0.05) is 6.42 Å². The molecule has 0 aromatic carbocycles. The Morgan fingerprint density at radius 2 is 1.85 bits per heavy atom. The maximum Gasteiger partial charge on any atom is 0.226 e. The molecule has 0 spiro atoms. The van der Waals surface area contributed by atoms with Gasteiger partial charge in [-0.3, -0.25) is 9.48 Å². The summed E-state index contributed by atoms with van der Waals surface area (Å²) < 4.78 is 2.13. The van der Waals surface area contributed by atoms with Crippen LogP contribution in [0.1, 0.15) is 56.6 Å². The standard InChI is InChI=1S/C16H23N3O/c1-11-9-17-18(10-11)15-7-13-5-6-14(8-15)19(13)16(20)12-3-2-4-12/h9-10,12-15H,2-8H2,1H3. The molecule has 2 atom stereocenters. The van der Waals surface area contributed by atoms with Crippen molar-refractivity contribution < 1.29 is 4.79 Å². The molecule has 3 fully saturated rings. The van der Waals surface area contributed by atoms with Crippen molar-refractivity contribution in [3.05, 3.63) is 18.0 Å². The minimum atomic E-state index is 0.349. The highest BCUT2D eigenvalue weighted by atomic mass is 16.2. The van der Waals surface area contributed by atoms with Crippen LogP contribution in [0.15, 0.2) is 12.4 Å². The summed E-state index contributed by atoms with van der Waals surface area (Å²) in [5, 5.41) is 4.48. The summed E-state index contributed by atoms with van der Waals surface area (Å²) in [7, 11) is 0. The van der Waals surface area contributed by atoms with Crippen LogP contribution in [0.3, 0.4) is 0 Å². The third kappa shape index (κ3) is 1.88. The summed E-state index contributed by atoms with van der Waals surface area (Å²) in [6.07, 6.45) is 12.1. The molecule has 4 heteroatoms. The monoisotopic (exact) mass is 273 g/mol. The molecule has 3 aliphatic rings. The number of carbonyl (C=O) groups excluding carboxylic acids is 1. The highest BCUT2D eigenvalue weighted by Gasteiger charge is 2.46. The molecule has 2 aliphatic heterocycles. The number of aromatic nitrogens is 2. The van der Waals surface area contributed by atoms with Crippen LogP contribution < -0.4 is 0 Å². The molecule has 2 saturated heterocycles. The van der Waals surface area contributed by atoms with E-state index < -0.39 is 0 Å². The first-order valence-electron chi connectivity index (χ1n) is 8.05. The zero-order valence-electron chi connectivity index (χ0n) is 12.2. The second-order valence-electron chi connectivity index (χ2n) is 6.88. The van der Waals surface area contributed by atoms with Gasteiger partial charge >= 0.3 is 0 Å². The predicted molar refractivity (Wildman–Crippen MR) is 76.2 cm³/mol. The molecule has 4 nitrogen and oxygen atoms in total. The van der Waals surface area contributed by atoms with Crippen LogP contribution >= 0.6 is 0 Å². The van der Waals surface area contributed by atoms with Crippen molar-refractivity contribution in [2.24, 2.45) is 5.92 Å². The van der Waals surface area contributed by atoms with E-state index in [0.717, 1.165) is 25.7 Å². The highest BCUT2D eigenvalue weighted by Crippen LogP contribution is 2.43. The average Bonchev–Trinajstić information content (AvgIpc) is 2.89. The van der Waals surface area contributed by atoms with Crippen molar-refractivity contribution >= 4 is 5.91 Å². The number of carbonyl (C=O) groups is 1. The number of hydrogen-bond acceptors (Lipinski definition) is 2. The van der Waals surface area contributed by atoms with Gasteiger partial charge in [-0.15, -0.1) is 0 Å². The van der Waals surface area contributed by atoms with Gasteiger partial charge in [-0.05, 0) is 51.0 Å². The maximum absolute atomic E-state index is 12.6. The number of aryl methyl sites for hydroxylation is 1. The average molecular weight is 273 g/mol. The maximum atomic E-state index is 12.6. The predicted octanol–water partition coefficient (Wildman–Crippen LogP) is 2.69. The number of amides is 1. The number of fused-ring (bicyclic) bond motifs is 2. The normalized spacial score (nSPS) is 33.2. The Balaban J connectivity index is 1.50. The van der Waals surface area contributed by atoms with Gasteiger partial charge in [0.1, 0.15) is 0 Å². The minimum Gasteiger partial charge on any atom is -0.336 e. The van der Waals surface area contributed by atoms with Crippen LogP contribution in [-0.2, 0) is 4.79 Å². The fraction of sp³-hybridized carbons (Fsp3) is 0.750. The topological polar surface area (TPSA) is 38.1 Å². The number of hydrogen-bond donors (Lipinski definition) is 0. The largest absolute Gasteiger partial charge is 0.336 e. The molecular weight excluding hydrogens is 250 g/mol. The quantitative estimate of drug-likeness (QED) is 0.831. The van der Waals surface area contributed by atoms with E-state index in [1.165, 1.54) is 24.8 Å². The molecule has 0 radical (unpaired) electrons. The summed E-state index contributed by atoms with van der Waals surface area (Å²) in [5.74, 6) is 0.806. The van der Waals surface area contributed by atoms with Crippen molar-refractivity contribution in [1.29, 1.82) is 0 Å². The Kier molecular flexibility index (Phi) is 2.86. The van der Waals surface area contributed by atoms with E-state index in [-0.39, 0.29) is 0 Å². The molecule has 1 saturated carbocycles. The van der Waals surface area contributed by atoms with E-state index in [0.29, 0.717) is 30.0 Å². The summed E-state index contributed by atoms with van der Waals surface area (Å²) in [4.78, 5) is 14.9. The van der Waals surface area contributed by atoms with Crippen LogP contribution in [0.2, 0.25) is 0 Å². The molecule has 0 N–H and O–H groups in total. The van der Waals surface area contributed by atoms with Crippen molar-refractivity contribution in [2.45, 2.75) is 70.0 Å². The summed E-state index contributed by atoms with van der Waals surface area (Å²) in [5.41, 5.74) is 1.23. The van der Waals surface area contributed by atoms with Gasteiger partial charge in [0.25, 0.3) is 0 Å². The van der Waals surface area contributed by atoms with E-state index in [1.54, 1.807) is 0 Å². The zero-order chi connectivity index (χ0) is 13.7. The third-order valence-electron chi connectivity index (χ3n) is 5.52. The Morgan fingerprint density at radius 3 is 2.35 bits per heavy atom.